The van der Waals surface area contributed by atoms with E-state index in [2.05, 4.69) is 17.4 Å². The van der Waals surface area contributed by atoms with Crippen molar-refractivity contribution in [1.29, 1.82) is 0 Å². The third kappa shape index (κ3) is 4.99. The van der Waals surface area contributed by atoms with Gasteiger partial charge >= 0.3 is 0 Å². The van der Waals surface area contributed by atoms with Gasteiger partial charge in [-0.15, -0.1) is 0 Å². The number of rotatable bonds is 6. The molecule has 0 fully saturated rings. The number of amides is 1. The van der Waals surface area contributed by atoms with Crippen LogP contribution in [0.1, 0.15) is 36.1 Å². The molecule has 0 aromatic heterocycles. The maximum atomic E-state index is 12.6. The minimum Gasteiger partial charge on any atom is -0.348 e. The predicted octanol–water partition coefficient (Wildman–Crippen LogP) is 4.13. The summed E-state index contributed by atoms with van der Waals surface area (Å²) in [7, 11) is -3.70. The Balaban J connectivity index is 1.75. The fraction of sp³-hybridized carbons (Fsp3) is 0.350. The minimum absolute atomic E-state index is 0.234. The van der Waals surface area contributed by atoms with Gasteiger partial charge < -0.3 is 5.32 Å². The lowest BCUT2D eigenvalue weighted by molar-refractivity contribution is -0.120. The fourth-order valence-electron chi connectivity index (χ4n) is 3.45. The van der Waals surface area contributed by atoms with Crippen LogP contribution >= 0.6 is 23.2 Å². The zero-order valence-corrected chi connectivity index (χ0v) is 18.0. The number of carbonyl (C=O) groups excluding carboxylic acids is 1. The Bertz CT molecular complexity index is 988. The summed E-state index contributed by atoms with van der Waals surface area (Å²) in [5.41, 5.74) is 3.94. The molecule has 8 heteroatoms. The van der Waals surface area contributed by atoms with E-state index in [1.807, 2.05) is 13.0 Å². The molecule has 150 valence electrons. The first-order valence-electron chi connectivity index (χ1n) is 8.98. The lowest BCUT2D eigenvalue weighted by Crippen LogP contribution is -2.41. The number of hydrogen-bond donors (Lipinski definition) is 1. The summed E-state index contributed by atoms with van der Waals surface area (Å²) in [6.07, 6.45) is 4.35. The molecule has 3 rings (SSSR count). The van der Waals surface area contributed by atoms with Crippen LogP contribution in [-0.4, -0.2) is 27.1 Å². The van der Waals surface area contributed by atoms with Crippen LogP contribution in [0, 0.1) is 0 Å². The van der Waals surface area contributed by atoms with Gasteiger partial charge in [-0.05, 0) is 61.1 Å². The zero-order chi connectivity index (χ0) is 20.5. The molecule has 0 saturated carbocycles. The molecule has 1 amide bonds. The fourth-order valence-corrected chi connectivity index (χ4v) is 4.80. The standard InChI is InChI=1S/C20H22Cl2N2O3S/c1-13(15-7-6-14-4-3-5-16(14)8-15)23-20(25)12-24(28(2,26)27)19-10-17(21)9-18(22)11-19/h6-11,13H,3-5,12H2,1-2H3,(H,23,25). The SMILES string of the molecule is CC(NC(=O)CN(c1cc(Cl)cc(Cl)c1)S(C)(=O)=O)c1ccc2c(c1)CCC2. The van der Waals surface area contributed by atoms with Crippen molar-refractivity contribution >= 4 is 44.8 Å². The largest absolute Gasteiger partial charge is 0.348 e. The van der Waals surface area contributed by atoms with Crippen LogP contribution < -0.4 is 9.62 Å². The molecule has 0 aliphatic heterocycles. The maximum Gasteiger partial charge on any atom is 0.241 e. The van der Waals surface area contributed by atoms with E-state index in [-0.39, 0.29) is 18.3 Å². The van der Waals surface area contributed by atoms with Crippen molar-refractivity contribution in [2.24, 2.45) is 0 Å². The highest BCUT2D eigenvalue weighted by atomic mass is 35.5. The maximum absolute atomic E-state index is 12.6. The van der Waals surface area contributed by atoms with E-state index in [4.69, 9.17) is 23.2 Å². The normalized spacial score (nSPS) is 14.4. The van der Waals surface area contributed by atoms with E-state index >= 15 is 0 Å². The summed E-state index contributed by atoms with van der Waals surface area (Å²) in [5.74, 6) is -0.408. The van der Waals surface area contributed by atoms with Crippen molar-refractivity contribution in [3.63, 3.8) is 0 Å². The second kappa shape index (κ2) is 8.31. The zero-order valence-electron chi connectivity index (χ0n) is 15.7. The van der Waals surface area contributed by atoms with Gasteiger partial charge in [0, 0.05) is 10.0 Å². The van der Waals surface area contributed by atoms with E-state index in [0.717, 1.165) is 35.4 Å². The lowest BCUT2D eigenvalue weighted by atomic mass is 10.0. The number of hydrogen-bond acceptors (Lipinski definition) is 3. The lowest BCUT2D eigenvalue weighted by Gasteiger charge is -2.24. The van der Waals surface area contributed by atoms with Crippen LogP contribution in [0.4, 0.5) is 5.69 Å². The quantitative estimate of drug-likeness (QED) is 0.733. The summed E-state index contributed by atoms with van der Waals surface area (Å²) in [5, 5.41) is 3.47. The molecule has 1 unspecified atom stereocenters. The minimum atomic E-state index is -3.70. The number of anilines is 1. The smallest absolute Gasteiger partial charge is 0.241 e. The topological polar surface area (TPSA) is 66.5 Å². The average molecular weight is 441 g/mol. The van der Waals surface area contributed by atoms with Gasteiger partial charge in [-0.3, -0.25) is 9.10 Å². The van der Waals surface area contributed by atoms with Crippen LogP contribution in [0.25, 0.3) is 0 Å². The van der Waals surface area contributed by atoms with Gasteiger partial charge in [-0.25, -0.2) is 8.42 Å². The Morgan fingerprint density at radius 2 is 1.75 bits per heavy atom. The molecule has 1 aliphatic rings. The summed E-state index contributed by atoms with van der Waals surface area (Å²) >= 11 is 12.0. The Labute approximate surface area is 175 Å². The second-order valence-corrected chi connectivity index (χ2v) is 9.85. The van der Waals surface area contributed by atoms with E-state index in [9.17, 15) is 13.2 Å². The number of sulfonamides is 1. The number of fused-ring (bicyclic) bond motifs is 1. The van der Waals surface area contributed by atoms with Crippen molar-refractivity contribution in [1.82, 2.24) is 5.32 Å². The van der Waals surface area contributed by atoms with Crippen molar-refractivity contribution in [2.75, 3.05) is 17.1 Å². The molecule has 1 atom stereocenters. The number of nitrogens with zero attached hydrogens (tertiary/aromatic N) is 1. The van der Waals surface area contributed by atoms with Gasteiger partial charge in [0.25, 0.3) is 0 Å². The predicted molar refractivity (Wildman–Crippen MR) is 114 cm³/mol. The molecule has 2 aromatic rings. The molecule has 28 heavy (non-hydrogen) atoms. The van der Waals surface area contributed by atoms with Crippen LogP contribution in [0.3, 0.4) is 0 Å². The average Bonchev–Trinajstić information content (AvgIpc) is 3.05. The second-order valence-electron chi connectivity index (χ2n) is 7.07. The number of benzene rings is 2. The third-order valence-corrected chi connectivity index (χ3v) is 6.40. The summed E-state index contributed by atoms with van der Waals surface area (Å²) < 4.78 is 25.5. The highest BCUT2D eigenvalue weighted by Crippen LogP contribution is 2.28. The molecule has 2 aromatic carbocycles. The molecule has 0 spiro atoms. The van der Waals surface area contributed by atoms with Gasteiger partial charge in [0.05, 0.1) is 18.0 Å². The van der Waals surface area contributed by atoms with Crippen molar-refractivity contribution < 1.29 is 13.2 Å². The Kier molecular flexibility index (Phi) is 6.22. The number of halogens is 2. The van der Waals surface area contributed by atoms with Gasteiger partial charge in [0.2, 0.25) is 15.9 Å². The van der Waals surface area contributed by atoms with Crippen LogP contribution in [0.15, 0.2) is 36.4 Å². The van der Waals surface area contributed by atoms with E-state index in [1.54, 1.807) is 0 Å². The Hall–Kier alpha value is -1.76. The highest BCUT2D eigenvalue weighted by Gasteiger charge is 2.23. The molecular weight excluding hydrogens is 419 g/mol. The van der Waals surface area contributed by atoms with Crippen molar-refractivity contribution in [3.05, 3.63) is 63.1 Å². The van der Waals surface area contributed by atoms with E-state index < -0.39 is 15.9 Å². The first kappa shape index (κ1) is 21.0. The van der Waals surface area contributed by atoms with Crippen LogP contribution in [-0.2, 0) is 27.7 Å². The van der Waals surface area contributed by atoms with Gasteiger partial charge in [0.15, 0.2) is 0 Å². The van der Waals surface area contributed by atoms with E-state index in [1.165, 1.54) is 29.3 Å². The summed E-state index contributed by atoms with van der Waals surface area (Å²) in [6.45, 7) is 1.53. The molecule has 0 radical (unpaired) electrons. The molecule has 0 heterocycles. The first-order valence-corrected chi connectivity index (χ1v) is 11.6. The van der Waals surface area contributed by atoms with Crippen LogP contribution in [0.2, 0.25) is 10.0 Å². The number of nitrogens with one attached hydrogen (secondary N) is 1. The molecule has 0 bridgehead atoms. The van der Waals surface area contributed by atoms with E-state index in [0.29, 0.717) is 10.0 Å². The van der Waals surface area contributed by atoms with Crippen LogP contribution in [0.5, 0.6) is 0 Å². The van der Waals surface area contributed by atoms with Crippen molar-refractivity contribution in [2.45, 2.75) is 32.2 Å². The van der Waals surface area contributed by atoms with Gasteiger partial charge in [0.1, 0.15) is 6.54 Å². The number of carbonyl (C=O) groups is 1. The van der Waals surface area contributed by atoms with Gasteiger partial charge in [-0.1, -0.05) is 41.4 Å². The molecule has 5 nitrogen and oxygen atoms in total. The Morgan fingerprint density at radius 3 is 2.39 bits per heavy atom. The number of aryl methyl sites for hydroxylation is 2. The summed E-state index contributed by atoms with van der Waals surface area (Å²) in [4.78, 5) is 12.6. The first-order chi connectivity index (χ1) is 13.1. The third-order valence-electron chi connectivity index (χ3n) is 4.82. The molecule has 1 aliphatic carbocycles. The molecule has 0 saturated heterocycles. The monoisotopic (exact) mass is 440 g/mol. The molecular formula is C20H22Cl2N2O3S. The summed E-state index contributed by atoms with van der Waals surface area (Å²) in [6, 6.07) is 10.4. The highest BCUT2D eigenvalue weighted by molar-refractivity contribution is 7.92. The van der Waals surface area contributed by atoms with Gasteiger partial charge in [-0.2, -0.15) is 0 Å². The van der Waals surface area contributed by atoms with Crippen molar-refractivity contribution in [3.8, 4) is 0 Å². The molecule has 1 N–H and O–H groups in total. The Morgan fingerprint density at radius 1 is 1.11 bits per heavy atom.